The van der Waals surface area contributed by atoms with E-state index in [1.165, 1.54) is 6.07 Å². The maximum absolute atomic E-state index is 14.0. The molecule has 1 saturated heterocycles. The van der Waals surface area contributed by atoms with E-state index in [4.69, 9.17) is 20.9 Å². The van der Waals surface area contributed by atoms with Crippen LogP contribution in [-0.4, -0.2) is 24.5 Å². The highest BCUT2D eigenvalue weighted by Gasteiger charge is 2.51. The first-order valence-electron chi connectivity index (χ1n) is 9.12. The minimum atomic E-state index is -0.418. The third-order valence-electron chi connectivity index (χ3n) is 6.03. The molecule has 0 spiro atoms. The number of rotatable bonds is 4. The highest BCUT2D eigenvalue weighted by Crippen LogP contribution is 2.39. The summed E-state index contributed by atoms with van der Waals surface area (Å²) in [5, 5.41) is 0.178. The minimum Gasteiger partial charge on any atom is -0.399 e. The fourth-order valence-electron chi connectivity index (χ4n) is 3.30. The van der Waals surface area contributed by atoms with Crippen molar-refractivity contribution in [2.24, 2.45) is 0 Å². The quantitative estimate of drug-likeness (QED) is 0.528. The van der Waals surface area contributed by atoms with E-state index in [0.717, 1.165) is 16.6 Å². The largest absolute Gasteiger partial charge is 0.494 e. The highest BCUT2D eigenvalue weighted by atomic mass is 35.5. The Labute approximate surface area is 169 Å². The second kappa shape index (κ2) is 7.15. The van der Waals surface area contributed by atoms with Crippen LogP contribution in [0.1, 0.15) is 45.7 Å². The molecule has 2 atom stereocenters. The van der Waals surface area contributed by atoms with Crippen LogP contribution < -0.4 is 5.46 Å². The van der Waals surface area contributed by atoms with Gasteiger partial charge in [-0.25, -0.2) is 4.39 Å². The van der Waals surface area contributed by atoms with Gasteiger partial charge in [-0.05, 0) is 56.5 Å². The Morgan fingerprint density at radius 3 is 2.11 bits per heavy atom. The van der Waals surface area contributed by atoms with Crippen molar-refractivity contribution in [3.05, 3.63) is 64.4 Å². The summed E-state index contributed by atoms with van der Waals surface area (Å²) in [5.41, 5.74) is 1.64. The average molecular weight is 407 g/mol. The van der Waals surface area contributed by atoms with Crippen molar-refractivity contribution in [1.29, 1.82) is 0 Å². The van der Waals surface area contributed by atoms with Crippen molar-refractivity contribution in [3.63, 3.8) is 0 Å². The summed E-state index contributed by atoms with van der Waals surface area (Å²) in [6.45, 7) is 10.2. The van der Waals surface area contributed by atoms with Crippen molar-refractivity contribution in [3.8, 4) is 0 Å². The van der Waals surface area contributed by atoms with Crippen LogP contribution in [0.5, 0.6) is 0 Å². The van der Waals surface area contributed by atoms with Crippen molar-refractivity contribution in [2.45, 2.75) is 51.2 Å². The van der Waals surface area contributed by atoms with Crippen LogP contribution in [0.4, 0.5) is 4.39 Å². The lowest BCUT2D eigenvalue weighted by Gasteiger charge is -2.32. The summed E-state index contributed by atoms with van der Waals surface area (Å²) < 4.78 is 26.3. The van der Waals surface area contributed by atoms with Gasteiger partial charge in [-0.1, -0.05) is 54.9 Å². The summed E-state index contributed by atoms with van der Waals surface area (Å²) in [7, 11) is 2.36. The van der Waals surface area contributed by atoms with Gasteiger partial charge in [0.2, 0.25) is 0 Å². The minimum absolute atomic E-state index is 0.178. The lowest BCUT2D eigenvalue weighted by atomic mass is 9.74. The molecule has 0 bridgehead atoms. The van der Waals surface area contributed by atoms with Gasteiger partial charge in [0.1, 0.15) is 5.82 Å². The van der Waals surface area contributed by atoms with E-state index >= 15 is 0 Å². The molecule has 3 rings (SSSR count). The zero-order valence-corrected chi connectivity index (χ0v) is 18.4. The predicted molar refractivity (Wildman–Crippen MR) is 115 cm³/mol. The molecule has 27 heavy (non-hydrogen) atoms. The second-order valence-electron chi connectivity index (χ2n) is 8.35. The first-order chi connectivity index (χ1) is 12.5. The first-order valence-corrected chi connectivity index (χ1v) is 10.3. The average Bonchev–Trinajstić information content (AvgIpc) is 2.84. The van der Waals surface area contributed by atoms with Gasteiger partial charge in [-0.3, -0.25) is 0 Å². The Hall–Kier alpha value is -0.925. The summed E-state index contributed by atoms with van der Waals surface area (Å²) in [6, 6.07) is 13.1. The number of halogens is 2. The molecule has 0 radical (unpaired) electrons. The molecule has 0 amide bonds. The van der Waals surface area contributed by atoms with Crippen LogP contribution in [0.25, 0.3) is 0 Å². The van der Waals surface area contributed by atoms with Gasteiger partial charge in [0.05, 0.1) is 16.2 Å². The SMILES string of the molecule is CC(CP)(c1ccc(B2OC(C)(C)C(C)(C)O2)cc1)c1cccc(F)c1Cl. The Morgan fingerprint density at radius 2 is 1.59 bits per heavy atom. The molecule has 2 aromatic rings. The third kappa shape index (κ3) is 3.58. The van der Waals surface area contributed by atoms with E-state index < -0.39 is 18.4 Å². The second-order valence-corrected chi connectivity index (χ2v) is 9.13. The Balaban J connectivity index is 1.94. The summed E-state index contributed by atoms with van der Waals surface area (Å²) in [4.78, 5) is 0. The van der Waals surface area contributed by atoms with E-state index in [2.05, 4.69) is 16.2 Å². The van der Waals surface area contributed by atoms with Gasteiger partial charge in [0.15, 0.2) is 0 Å². The molecule has 144 valence electrons. The topological polar surface area (TPSA) is 18.5 Å². The van der Waals surface area contributed by atoms with E-state index in [1.54, 1.807) is 6.07 Å². The Kier molecular flexibility index (Phi) is 5.51. The normalized spacial score (nSPS) is 20.5. The van der Waals surface area contributed by atoms with Crippen molar-refractivity contribution < 1.29 is 13.7 Å². The van der Waals surface area contributed by atoms with E-state index in [0.29, 0.717) is 6.16 Å². The van der Waals surface area contributed by atoms with Crippen molar-refractivity contribution in [1.82, 2.24) is 0 Å². The Morgan fingerprint density at radius 1 is 1.04 bits per heavy atom. The monoisotopic (exact) mass is 406 g/mol. The van der Waals surface area contributed by atoms with Crippen LogP contribution in [0.3, 0.4) is 0 Å². The number of hydrogen-bond acceptors (Lipinski definition) is 2. The molecule has 0 aromatic heterocycles. The number of benzene rings is 2. The fourth-order valence-corrected chi connectivity index (χ4v) is 4.09. The van der Waals surface area contributed by atoms with E-state index in [9.17, 15) is 4.39 Å². The molecular formula is C21H26BClFO2P. The highest BCUT2D eigenvalue weighted by molar-refractivity contribution is 7.16. The molecule has 1 aliphatic heterocycles. The molecule has 2 nitrogen and oxygen atoms in total. The molecule has 0 saturated carbocycles. The van der Waals surface area contributed by atoms with Crippen LogP contribution >= 0.6 is 20.8 Å². The standard InChI is InChI=1S/C21H26BClFO2P/c1-19(2)20(3,4)26-22(25-19)15-11-9-14(10-12-15)21(5,13-27)16-7-6-8-17(24)18(16)23/h6-12H,13,27H2,1-5H3. The van der Waals surface area contributed by atoms with Crippen LogP contribution in [0.15, 0.2) is 42.5 Å². The van der Waals surface area contributed by atoms with Crippen LogP contribution in [0.2, 0.25) is 5.02 Å². The molecular weight excluding hydrogens is 380 g/mol. The molecule has 0 N–H and O–H groups in total. The molecule has 6 heteroatoms. The summed E-state index contributed by atoms with van der Waals surface area (Å²) >= 11 is 6.28. The van der Waals surface area contributed by atoms with Gasteiger partial charge in [-0.2, -0.15) is 0 Å². The zero-order chi connectivity index (χ0) is 20.0. The molecule has 1 aliphatic rings. The Bertz CT molecular complexity index is 825. The number of hydrogen-bond donors (Lipinski definition) is 0. The lowest BCUT2D eigenvalue weighted by molar-refractivity contribution is 0.00578. The third-order valence-corrected chi connectivity index (χ3v) is 7.23. The van der Waals surface area contributed by atoms with Crippen LogP contribution in [-0.2, 0) is 14.7 Å². The van der Waals surface area contributed by atoms with E-state index in [-0.39, 0.29) is 16.2 Å². The summed E-state index contributed by atoms with van der Waals surface area (Å²) in [6.07, 6.45) is 0.714. The molecule has 2 aromatic carbocycles. The van der Waals surface area contributed by atoms with Gasteiger partial charge in [-0.15, -0.1) is 9.24 Å². The zero-order valence-electron chi connectivity index (χ0n) is 16.5. The van der Waals surface area contributed by atoms with Gasteiger partial charge in [0.25, 0.3) is 0 Å². The van der Waals surface area contributed by atoms with Gasteiger partial charge >= 0.3 is 7.12 Å². The van der Waals surface area contributed by atoms with Crippen LogP contribution in [0, 0.1) is 5.82 Å². The summed E-state index contributed by atoms with van der Waals surface area (Å²) in [5.74, 6) is -0.396. The maximum atomic E-state index is 14.0. The van der Waals surface area contributed by atoms with Gasteiger partial charge < -0.3 is 9.31 Å². The fraction of sp³-hybridized carbons (Fsp3) is 0.429. The first kappa shape index (κ1) is 20.8. The lowest BCUT2D eigenvalue weighted by Crippen LogP contribution is -2.41. The molecule has 2 unspecified atom stereocenters. The smallest absolute Gasteiger partial charge is 0.399 e. The van der Waals surface area contributed by atoms with Crippen molar-refractivity contribution in [2.75, 3.05) is 6.16 Å². The van der Waals surface area contributed by atoms with Crippen molar-refractivity contribution >= 4 is 33.4 Å². The molecule has 0 aliphatic carbocycles. The van der Waals surface area contributed by atoms with E-state index in [1.807, 2.05) is 58.0 Å². The molecule has 1 heterocycles. The van der Waals surface area contributed by atoms with Gasteiger partial charge in [0, 0.05) is 5.41 Å². The maximum Gasteiger partial charge on any atom is 0.494 e. The predicted octanol–water partition coefficient (Wildman–Crippen LogP) is 4.96. The molecule has 1 fully saturated rings.